The summed E-state index contributed by atoms with van der Waals surface area (Å²) in [5, 5.41) is 6.23. The number of rotatable bonds is 9. The standard InChI is InChI=1S/C26H26Cl2N4O3/c1-16(2)21-14-15-29-26(32-21)30-18-12-10-17(11-13-18)6-4-9-22(25(34)35-3)31-24(33)23-19(27)7-5-8-20(23)28/h4-8,10-16,22H,9H2,1-3H3,(H,31,33)(H,29,30,32). The van der Waals surface area contributed by atoms with Crippen LogP contribution in [0, 0.1) is 0 Å². The topological polar surface area (TPSA) is 93.2 Å². The number of nitrogens with zero attached hydrogens (tertiary/aromatic N) is 2. The van der Waals surface area contributed by atoms with Gasteiger partial charge in [0.15, 0.2) is 0 Å². The molecule has 0 saturated heterocycles. The zero-order valence-electron chi connectivity index (χ0n) is 19.6. The summed E-state index contributed by atoms with van der Waals surface area (Å²) in [5.41, 5.74) is 2.83. The van der Waals surface area contributed by atoms with Gasteiger partial charge in [0, 0.05) is 17.6 Å². The number of anilines is 2. The minimum atomic E-state index is -0.901. The second-order valence-electron chi connectivity index (χ2n) is 7.99. The van der Waals surface area contributed by atoms with Gasteiger partial charge in [0.05, 0.1) is 22.7 Å². The van der Waals surface area contributed by atoms with Crippen LogP contribution in [0.3, 0.4) is 0 Å². The third-order valence-corrected chi connectivity index (χ3v) is 5.73. The van der Waals surface area contributed by atoms with Gasteiger partial charge in [-0.05, 0) is 48.2 Å². The van der Waals surface area contributed by atoms with Crippen LogP contribution < -0.4 is 10.6 Å². The Labute approximate surface area is 214 Å². The molecule has 1 unspecified atom stereocenters. The van der Waals surface area contributed by atoms with E-state index in [1.54, 1.807) is 30.5 Å². The molecule has 35 heavy (non-hydrogen) atoms. The van der Waals surface area contributed by atoms with Gasteiger partial charge in [-0.3, -0.25) is 4.79 Å². The Morgan fingerprint density at radius 3 is 2.37 bits per heavy atom. The van der Waals surface area contributed by atoms with E-state index in [0.29, 0.717) is 11.9 Å². The summed E-state index contributed by atoms with van der Waals surface area (Å²) in [7, 11) is 1.26. The van der Waals surface area contributed by atoms with Crippen LogP contribution in [0.5, 0.6) is 0 Å². The average molecular weight is 513 g/mol. The van der Waals surface area contributed by atoms with Crippen molar-refractivity contribution in [1.82, 2.24) is 15.3 Å². The number of benzene rings is 2. The number of ether oxygens (including phenoxy) is 1. The highest BCUT2D eigenvalue weighted by Gasteiger charge is 2.23. The number of nitrogens with one attached hydrogen (secondary N) is 2. The van der Waals surface area contributed by atoms with Crippen molar-refractivity contribution in [3.05, 3.63) is 87.7 Å². The first-order chi connectivity index (χ1) is 16.8. The lowest BCUT2D eigenvalue weighted by Crippen LogP contribution is -2.41. The SMILES string of the molecule is COC(=O)C(CC=Cc1ccc(Nc2nccc(C(C)C)n2)cc1)NC(=O)c1c(Cl)cccc1Cl. The van der Waals surface area contributed by atoms with E-state index >= 15 is 0 Å². The van der Waals surface area contributed by atoms with Crippen LogP contribution in [0.4, 0.5) is 11.6 Å². The lowest BCUT2D eigenvalue weighted by Gasteiger charge is -2.16. The monoisotopic (exact) mass is 512 g/mol. The number of amides is 1. The van der Waals surface area contributed by atoms with Gasteiger partial charge in [-0.2, -0.15) is 0 Å². The van der Waals surface area contributed by atoms with Crippen LogP contribution in [-0.4, -0.2) is 35.0 Å². The lowest BCUT2D eigenvalue weighted by atomic mass is 10.1. The fourth-order valence-electron chi connectivity index (χ4n) is 3.20. The molecule has 1 aromatic heterocycles. The molecule has 1 amide bonds. The molecule has 0 radical (unpaired) electrons. The summed E-state index contributed by atoms with van der Waals surface area (Å²) in [6, 6.07) is 13.4. The van der Waals surface area contributed by atoms with Crippen molar-refractivity contribution >= 4 is 52.8 Å². The molecule has 3 rings (SSSR count). The van der Waals surface area contributed by atoms with Gasteiger partial charge in [-0.25, -0.2) is 14.8 Å². The van der Waals surface area contributed by atoms with Gasteiger partial charge >= 0.3 is 5.97 Å². The Kier molecular flexibility index (Phi) is 9.23. The highest BCUT2D eigenvalue weighted by molar-refractivity contribution is 6.39. The summed E-state index contributed by atoms with van der Waals surface area (Å²) in [6.07, 6.45) is 5.59. The van der Waals surface area contributed by atoms with Crippen molar-refractivity contribution in [3.8, 4) is 0 Å². The first-order valence-electron chi connectivity index (χ1n) is 11.0. The molecule has 182 valence electrons. The van der Waals surface area contributed by atoms with Crippen molar-refractivity contribution in [3.63, 3.8) is 0 Å². The first-order valence-corrected chi connectivity index (χ1v) is 11.7. The van der Waals surface area contributed by atoms with E-state index in [9.17, 15) is 9.59 Å². The van der Waals surface area contributed by atoms with Crippen LogP contribution in [0.2, 0.25) is 10.0 Å². The predicted octanol–water partition coefficient (Wildman–Crippen LogP) is 6.03. The minimum absolute atomic E-state index is 0.111. The largest absolute Gasteiger partial charge is 0.467 e. The molecule has 7 nitrogen and oxygen atoms in total. The number of carbonyl (C=O) groups excluding carboxylic acids is 2. The number of carbonyl (C=O) groups is 2. The predicted molar refractivity (Wildman–Crippen MR) is 139 cm³/mol. The third kappa shape index (κ3) is 7.28. The van der Waals surface area contributed by atoms with Crippen LogP contribution in [-0.2, 0) is 9.53 Å². The Morgan fingerprint density at radius 2 is 1.74 bits per heavy atom. The van der Waals surface area contributed by atoms with Crippen LogP contribution in [0.1, 0.15) is 47.8 Å². The van der Waals surface area contributed by atoms with Crippen molar-refractivity contribution in [2.24, 2.45) is 0 Å². The second-order valence-corrected chi connectivity index (χ2v) is 8.81. The first kappa shape index (κ1) is 26.2. The summed E-state index contributed by atoms with van der Waals surface area (Å²) in [5.74, 6) is -0.279. The van der Waals surface area contributed by atoms with Crippen molar-refractivity contribution in [2.45, 2.75) is 32.2 Å². The van der Waals surface area contributed by atoms with Crippen molar-refractivity contribution < 1.29 is 14.3 Å². The number of hydrogen-bond acceptors (Lipinski definition) is 6. The van der Waals surface area contributed by atoms with E-state index in [-0.39, 0.29) is 22.0 Å². The molecule has 0 aliphatic heterocycles. The van der Waals surface area contributed by atoms with Gasteiger partial charge in [-0.1, -0.05) is 67.4 Å². The molecule has 1 heterocycles. The molecule has 2 N–H and O–H groups in total. The van der Waals surface area contributed by atoms with E-state index in [1.165, 1.54) is 7.11 Å². The maximum atomic E-state index is 12.7. The summed E-state index contributed by atoms with van der Waals surface area (Å²) >= 11 is 12.2. The van der Waals surface area contributed by atoms with Crippen molar-refractivity contribution in [1.29, 1.82) is 0 Å². The summed E-state index contributed by atoms with van der Waals surface area (Å²) in [4.78, 5) is 33.7. The summed E-state index contributed by atoms with van der Waals surface area (Å²) in [6.45, 7) is 4.16. The molecule has 0 fully saturated rings. The van der Waals surface area contributed by atoms with Crippen molar-refractivity contribution in [2.75, 3.05) is 12.4 Å². The molecule has 3 aromatic rings. The number of methoxy groups -OCH3 is 1. The lowest BCUT2D eigenvalue weighted by molar-refractivity contribution is -0.142. The van der Waals surface area contributed by atoms with E-state index in [4.69, 9.17) is 27.9 Å². The molecular formula is C26H26Cl2N4O3. The number of esters is 1. The number of hydrogen-bond donors (Lipinski definition) is 2. The van der Waals surface area contributed by atoms with Gasteiger partial charge < -0.3 is 15.4 Å². The molecule has 0 bridgehead atoms. The quantitative estimate of drug-likeness (QED) is 0.340. The Hall–Kier alpha value is -3.42. The highest BCUT2D eigenvalue weighted by Crippen LogP contribution is 2.24. The third-order valence-electron chi connectivity index (χ3n) is 5.10. The zero-order valence-corrected chi connectivity index (χ0v) is 21.1. The zero-order chi connectivity index (χ0) is 25.4. The maximum Gasteiger partial charge on any atom is 0.328 e. The van der Waals surface area contributed by atoms with E-state index in [2.05, 4.69) is 34.4 Å². The van der Waals surface area contributed by atoms with Gasteiger partial charge in [0.25, 0.3) is 5.91 Å². The maximum absolute atomic E-state index is 12.7. The molecule has 0 aliphatic rings. The minimum Gasteiger partial charge on any atom is -0.467 e. The Balaban J connectivity index is 1.64. The normalized spacial score (nSPS) is 11.9. The van der Waals surface area contributed by atoms with E-state index in [1.807, 2.05) is 36.4 Å². The van der Waals surface area contributed by atoms with Crippen LogP contribution in [0.15, 0.2) is 60.8 Å². The van der Waals surface area contributed by atoms with E-state index < -0.39 is 17.9 Å². The van der Waals surface area contributed by atoms with Gasteiger partial charge in [0.1, 0.15) is 6.04 Å². The van der Waals surface area contributed by atoms with Crippen LogP contribution in [0.25, 0.3) is 6.08 Å². The van der Waals surface area contributed by atoms with E-state index in [0.717, 1.165) is 16.9 Å². The fraction of sp³-hybridized carbons (Fsp3) is 0.231. The average Bonchev–Trinajstić information content (AvgIpc) is 2.84. The molecule has 9 heteroatoms. The number of aromatic nitrogens is 2. The summed E-state index contributed by atoms with van der Waals surface area (Å²) < 4.78 is 4.83. The molecular weight excluding hydrogens is 487 g/mol. The van der Waals surface area contributed by atoms with Crippen LogP contribution >= 0.6 is 23.2 Å². The van der Waals surface area contributed by atoms with Gasteiger partial charge in [-0.15, -0.1) is 0 Å². The fourth-order valence-corrected chi connectivity index (χ4v) is 3.77. The Bertz CT molecular complexity index is 1190. The highest BCUT2D eigenvalue weighted by atomic mass is 35.5. The van der Waals surface area contributed by atoms with Gasteiger partial charge in [0.2, 0.25) is 5.95 Å². The molecule has 2 aromatic carbocycles. The molecule has 0 saturated carbocycles. The molecule has 0 aliphatic carbocycles. The number of halogens is 2. The Morgan fingerprint density at radius 1 is 1.06 bits per heavy atom. The second kappa shape index (κ2) is 12.3. The molecule has 1 atom stereocenters. The molecule has 0 spiro atoms. The smallest absolute Gasteiger partial charge is 0.328 e.